The predicted molar refractivity (Wildman–Crippen MR) is 329 cm³/mol. The second kappa shape index (κ2) is 44.7. The molecule has 10 aromatic rings. The van der Waals surface area contributed by atoms with Crippen LogP contribution in [0, 0.1) is 0 Å². The Hall–Kier alpha value is -7.24. The molecular weight excluding hydrogens is 887 g/mol. The van der Waals surface area contributed by atoms with Crippen molar-refractivity contribution in [1.82, 2.24) is 24.9 Å². The zero-order valence-corrected chi connectivity index (χ0v) is 42.0. The fraction of sp³-hybridized carbons (Fsp3) is 0.294. The quantitative estimate of drug-likeness (QED) is 0.180. The normalized spacial score (nSPS) is 8.93. The summed E-state index contributed by atoms with van der Waals surface area (Å²) >= 11 is 0. The fourth-order valence-corrected chi connectivity index (χ4v) is 6.45. The molecule has 0 fully saturated rings. The molecule has 0 unspecified atom stereocenters. The Morgan fingerprint density at radius 3 is 1.32 bits per heavy atom. The largest absolute Gasteiger partial charge is 0.361 e. The molecule has 5 heterocycles. The number of benzene rings is 5. The summed E-state index contributed by atoms with van der Waals surface area (Å²) in [5.41, 5.74) is 10.3. The van der Waals surface area contributed by atoms with Crippen LogP contribution in [-0.4, -0.2) is 24.9 Å². The van der Waals surface area contributed by atoms with Crippen molar-refractivity contribution in [3.63, 3.8) is 0 Å². The van der Waals surface area contributed by atoms with E-state index in [1.54, 1.807) is 6.20 Å². The van der Waals surface area contributed by atoms with Crippen molar-refractivity contribution in [1.29, 1.82) is 0 Å². The van der Waals surface area contributed by atoms with Crippen LogP contribution in [0.15, 0.2) is 219 Å². The number of rotatable bonds is 6. The number of aromatic amines is 1. The maximum Gasteiger partial charge on any atom is 0.0702 e. The van der Waals surface area contributed by atoms with Gasteiger partial charge < -0.3 is 4.98 Å². The molecule has 0 bridgehead atoms. The molecule has 0 aliphatic carbocycles. The third-order valence-corrected chi connectivity index (χ3v) is 10.4. The van der Waals surface area contributed by atoms with Crippen molar-refractivity contribution in [2.75, 3.05) is 0 Å². The molecule has 0 saturated heterocycles. The zero-order valence-electron chi connectivity index (χ0n) is 42.0. The van der Waals surface area contributed by atoms with E-state index in [-0.39, 0.29) is 37.1 Å². The number of pyridine rings is 4. The van der Waals surface area contributed by atoms with Crippen LogP contribution in [0.5, 0.6) is 0 Å². The van der Waals surface area contributed by atoms with Gasteiger partial charge in [-0.1, -0.05) is 220 Å². The van der Waals surface area contributed by atoms with Gasteiger partial charge in [-0.05, 0) is 132 Å². The van der Waals surface area contributed by atoms with Crippen LogP contribution in [0.3, 0.4) is 0 Å². The average Bonchev–Trinajstić information content (AvgIpc) is 3.86. The minimum Gasteiger partial charge on any atom is -0.361 e. The lowest BCUT2D eigenvalue weighted by atomic mass is 10.1. The molecule has 392 valence electrons. The van der Waals surface area contributed by atoms with E-state index in [0.29, 0.717) is 0 Å². The highest BCUT2D eigenvalue weighted by atomic mass is 14.7. The Morgan fingerprint density at radius 1 is 0.356 bits per heavy atom. The van der Waals surface area contributed by atoms with Gasteiger partial charge >= 0.3 is 0 Å². The van der Waals surface area contributed by atoms with E-state index in [2.05, 4.69) is 214 Å². The first-order valence-electron chi connectivity index (χ1n) is 24.5. The number of nitrogens with zero attached hydrogens (tertiary/aromatic N) is 4. The topological polar surface area (TPSA) is 67.3 Å². The first-order chi connectivity index (χ1) is 33.4. The minimum atomic E-state index is 0. The van der Waals surface area contributed by atoms with Crippen molar-refractivity contribution in [2.24, 2.45) is 0 Å². The summed E-state index contributed by atoms with van der Waals surface area (Å²) < 4.78 is 0. The molecule has 0 atom stereocenters. The standard InChI is InChI=1S/C11H11N.C10H11N.C10H8.C8H10.3C7H9N.C3H8.5CH4/c1-2-9-5-6-11-10(8-9)4-3-7-12-11;1-2-8-7-11-10-6-4-3-5-9(8)10;1-2-6-10-8-4-3-7-9(10)5-1;1-2-8-6-4-3-5-7-8;1-2-7-3-5-8-6-4-7;1-2-7-4-3-5-8-6-7;1-2-7-5-3-4-6-8-7;1-3-2;;;;;/h3-8H,2H2,1H3;3-7,11H,2H2,1H3;1-8H;3-7H,2H2,1H3;3*3-6H,2H2,1H3;3H2,1-2H3;5*1H4. The predicted octanol–water partition coefficient (Wildman–Crippen LogP) is 20.1. The Kier molecular flexibility index (Phi) is 42.9. The number of aryl methyl sites for hydroxylation is 6. The third-order valence-electron chi connectivity index (χ3n) is 10.4. The molecule has 0 spiro atoms. The van der Waals surface area contributed by atoms with Crippen LogP contribution >= 0.6 is 0 Å². The van der Waals surface area contributed by atoms with Gasteiger partial charge in [0, 0.05) is 65.4 Å². The molecule has 0 aliphatic rings. The van der Waals surface area contributed by atoms with E-state index in [1.165, 1.54) is 61.3 Å². The molecule has 5 nitrogen and oxygen atoms in total. The SMILES string of the molecule is C.C.C.C.C.CCC.CCc1c[nH]c2ccccc12.CCc1ccc2ncccc2c1.CCc1ccccc1.CCc1ccccn1.CCc1cccnc1.CCc1ccncc1.c1ccc2ccccc2c1. The Bertz CT molecular complexity index is 2510. The summed E-state index contributed by atoms with van der Waals surface area (Å²) in [5.74, 6) is 0. The Balaban J connectivity index is -0.000000772. The van der Waals surface area contributed by atoms with E-state index < -0.39 is 0 Å². The van der Waals surface area contributed by atoms with Gasteiger partial charge in [0.2, 0.25) is 0 Å². The second-order valence-corrected chi connectivity index (χ2v) is 15.6. The molecule has 0 aliphatic heterocycles. The molecule has 5 heteroatoms. The Morgan fingerprint density at radius 2 is 0.849 bits per heavy atom. The summed E-state index contributed by atoms with van der Waals surface area (Å²) in [6, 6.07) is 60.1. The van der Waals surface area contributed by atoms with Gasteiger partial charge in [-0.15, -0.1) is 0 Å². The monoisotopic (exact) mass is 982 g/mol. The van der Waals surface area contributed by atoms with E-state index in [1.807, 2.05) is 79.5 Å². The lowest BCUT2D eigenvalue weighted by molar-refractivity contribution is 1.04. The highest BCUT2D eigenvalue weighted by molar-refractivity contribution is 5.83. The molecule has 0 saturated carbocycles. The van der Waals surface area contributed by atoms with Gasteiger partial charge in [-0.3, -0.25) is 19.9 Å². The van der Waals surface area contributed by atoms with Gasteiger partial charge in [0.1, 0.15) is 0 Å². The Labute approximate surface area is 445 Å². The van der Waals surface area contributed by atoms with Gasteiger partial charge in [-0.2, -0.15) is 0 Å². The van der Waals surface area contributed by atoms with Crippen molar-refractivity contribution in [2.45, 2.75) is 137 Å². The van der Waals surface area contributed by atoms with Crippen molar-refractivity contribution in [3.05, 3.63) is 253 Å². The lowest BCUT2D eigenvalue weighted by Crippen LogP contribution is -1.81. The van der Waals surface area contributed by atoms with E-state index >= 15 is 0 Å². The summed E-state index contributed by atoms with van der Waals surface area (Å²) in [6.45, 7) is 17.1. The maximum atomic E-state index is 4.26. The number of nitrogens with one attached hydrogen (secondary N) is 1. The summed E-state index contributed by atoms with van der Waals surface area (Å²) in [4.78, 5) is 19.4. The molecule has 10 rings (SSSR count). The van der Waals surface area contributed by atoms with Crippen LogP contribution < -0.4 is 0 Å². The number of fused-ring (bicyclic) bond motifs is 3. The number of hydrogen-bond acceptors (Lipinski definition) is 4. The van der Waals surface area contributed by atoms with E-state index in [9.17, 15) is 0 Å². The smallest absolute Gasteiger partial charge is 0.0702 e. The first-order valence-corrected chi connectivity index (χ1v) is 24.5. The summed E-state index contributed by atoms with van der Waals surface area (Å²) in [7, 11) is 0. The van der Waals surface area contributed by atoms with Gasteiger partial charge in [0.05, 0.1) is 5.52 Å². The van der Waals surface area contributed by atoms with Gasteiger partial charge in [0.15, 0.2) is 0 Å². The van der Waals surface area contributed by atoms with E-state index in [4.69, 9.17) is 0 Å². The highest BCUT2D eigenvalue weighted by Gasteiger charge is 1.98. The number of para-hydroxylation sites is 1. The minimum absolute atomic E-state index is 0. The number of hydrogen-bond donors (Lipinski definition) is 1. The lowest BCUT2D eigenvalue weighted by Gasteiger charge is -1.98. The average molecular weight is 983 g/mol. The van der Waals surface area contributed by atoms with Crippen LogP contribution in [0.2, 0.25) is 0 Å². The van der Waals surface area contributed by atoms with Crippen molar-refractivity contribution < 1.29 is 0 Å². The van der Waals surface area contributed by atoms with Crippen LogP contribution in [0.25, 0.3) is 32.6 Å². The third kappa shape index (κ3) is 28.4. The summed E-state index contributed by atoms with van der Waals surface area (Å²) in [6.07, 6.45) is 20.8. The molecule has 5 aromatic carbocycles. The maximum absolute atomic E-state index is 4.26. The molecule has 0 radical (unpaired) electrons. The molecule has 0 amide bonds. The first kappa shape index (κ1) is 70.0. The second-order valence-electron chi connectivity index (χ2n) is 15.6. The molecule has 1 N–H and O–H groups in total. The molecular formula is C68H95N5. The van der Waals surface area contributed by atoms with Crippen LogP contribution in [0.1, 0.15) is 132 Å². The van der Waals surface area contributed by atoms with Crippen LogP contribution in [0.4, 0.5) is 0 Å². The molecule has 73 heavy (non-hydrogen) atoms. The molecule has 5 aromatic heterocycles. The van der Waals surface area contributed by atoms with E-state index in [0.717, 1.165) is 49.7 Å². The number of H-pyrrole nitrogens is 1. The van der Waals surface area contributed by atoms with Crippen molar-refractivity contribution in [3.8, 4) is 0 Å². The highest BCUT2D eigenvalue weighted by Crippen LogP contribution is 2.17. The zero-order chi connectivity index (χ0) is 48.9. The van der Waals surface area contributed by atoms with Crippen molar-refractivity contribution >= 4 is 32.6 Å². The summed E-state index contributed by atoms with van der Waals surface area (Å²) in [5, 5.41) is 5.21. The van der Waals surface area contributed by atoms with Gasteiger partial charge in [0.25, 0.3) is 0 Å². The number of aromatic nitrogens is 5. The fourth-order valence-electron chi connectivity index (χ4n) is 6.45. The van der Waals surface area contributed by atoms with Gasteiger partial charge in [-0.25, -0.2) is 0 Å². The van der Waals surface area contributed by atoms with Crippen LogP contribution in [-0.2, 0) is 38.5 Å².